The lowest BCUT2D eigenvalue weighted by molar-refractivity contribution is -0.148. The van der Waals surface area contributed by atoms with E-state index >= 15 is 0 Å². The minimum Gasteiger partial charge on any atom is -0.465 e. The minimum atomic E-state index is -4.07. The Bertz CT molecular complexity index is 545. The highest BCUT2D eigenvalue weighted by Crippen LogP contribution is 2.09. The molecule has 0 bridgehead atoms. The summed E-state index contributed by atoms with van der Waals surface area (Å²) in [4.78, 5) is 22.7. The highest BCUT2D eigenvalue weighted by molar-refractivity contribution is 7.85. The van der Waals surface area contributed by atoms with E-state index in [0.29, 0.717) is 13.0 Å². The van der Waals surface area contributed by atoms with Crippen LogP contribution in [0.4, 0.5) is 0 Å². The zero-order valence-electron chi connectivity index (χ0n) is 18.7. The Hall–Kier alpha value is -1.15. The van der Waals surface area contributed by atoms with Crippen LogP contribution in [0.1, 0.15) is 87.0 Å². The van der Waals surface area contributed by atoms with E-state index < -0.39 is 21.4 Å². The molecule has 0 saturated carbocycles. The Morgan fingerprint density at radius 3 is 1.96 bits per heavy atom. The molecule has 0 aromatic heterocycles. The number of nitrogens with one attached hydrogen (secondary N) is 1. The SMILES string of the molecule is CCC(C)C(=O)NC(C)(C)CS(=O)(=O)O.CCCCCCOC(=O)C(C)CC. The van der Waals surface area contributed by atoms with Crippen LogP contribution in [0.5, 0.6) is 0 Å². The molecule has 0 fully saturated rings. The van der Waals surface area contributed by atoms with Gasteiger partial charge in [-0.15, -0.1) is 0 Å². The second-order valence-corrected chi connectivity index (χ2v) is 9.40. The molecule has 1 amide bonds. The number of carbonyl (C=O) groups is 2. The first-order chi connectivity index (χ1) is 12.8. The number of hydrogen-bond acceptors (Lipinski definition) is 5. The molecular weight excluding hydrogens is 382 g/mol. The van der Waals surface area contributed by atoms with Crippen molar-refractivity contribution in [2.24, 2.45) is 11.8 Å². The summed E-state index contributed by atoms with van der Waals surface area (Å²) >= 11 is 0. The molecule has 0 rings (SSSR count). The minimum absolute atomic E-state index is 0.0426. The van der Waals surface area contributed by atoms with E-state index in [9.17, 15) is 18.0 Å². The number of hydrogen-bond donors (Lipinski definition) is 2. The van der Waals surface area contributed by atoms with Crippen LogP contribution in [-0.4, -0.2) is 42.7 Å². The summed E-state index contributed by atoms with van der Waals surface area (Å²) in [5.41, 5.74) is -0.950. The third-order valence-corrected chi connectivity index (χ3v) is 5.41. The van der Waals surface area contributed by atoms with E-state index in [1.807, 2.05) is 20.8 Å². The lowest BCUT2D eigenvalue weighted by Gasteiger charge is -2.26. The molecule has 0 aromatic rings. The molecule has 2 atom stereocenters. The van der Waals surface area contributed by atoms with Crippen molar-refractivity contribution < 1.29 is 27.3 Å². The highest BCUT2D eigenvalue weighted by Gasteiger charge is 2.27. The molecule has 0 aliphatic carbocycles. The summed E-state index contributed by atoms with van der Waals surface area (Å²) in [5, 5.41) is 2.59. The number of rotatable bonds is 12. The van der Waals surface area contributed by atoms with Gasteiger partial charge >= 0.3 is 5.97 Å². The van der Waals surface area contributed by atoms with Crippen molar-refractivity contribution in [2.45, 2.75) is 92.5 Å². The van der Waals surface area contributed by atoms with Crippen LogP contribution in [0, 0.1) is 11.8 Å². The van der Waals surface area contributed by atoms with Crippen LogP contribution in [-0.2, 0) is 24.4 Å². The molecule has 0 aliphatic rings. The number of carbonyl (C=O) groups excluding carboxylic acids is 2. The van der Waals surface area contributed by atoms with Gasteiger partial charge in [0.1, 0.15) is 0 Å². The smallest absolute Gasteiger partial charge is 0.308 e. The summed E-state index contributed by atoms with van der Waals surface area (Å²) in [5.74, 6) is -0.829. The van der Waals surface area contributed by atoms with Crippen molar-refractivity contribution in [3.05, 3.63) is 0 Å². The predicted molar refractivity (Wildman–Crippen MR) is 113 cm³/mol. The first kappa shape index (κ1) is 29.1. The van der Waals surface area contributed by atoms with Gasteiger partial charge in [0.2, 0.25) is 5.91 Å². The van der Waals surface area contributed by atoms with Crippen LogP contribution in [0.25, 0.3) is 0 Å². The molecule has 0 saturated heterocycles. The fraction of sp³-hybridized carbons (Fsp3) is 0.900. The van der Waals surface area contributed by atoms with Gasteiger partial charge in [0.15, 0.2) is 0 Å². The molecule has 2 N–H and O–H groups in total. The van der Waals surface area contributed by atoms with E-state index in [1.165, 1.54) is 19.3 Å². The van der Waals surface area contributed by atoms with E-state index in [1.54, 1.807) is 20.8 Å². The molecule has 0 aromatic carbocycles. The summed E-state index contributed by atoms with van der Waals surface area (Å²) in [6, 6.07) is 0. The van der Waals surface area contributed by atoms with Crippen molar-refractivity contribution >= 4 is 22.0 Å². The van der Waals surface area contributed by atoms with Crippen molar-refractivity contribution in [2.75, 3.05) is 12.4 Å². The quantitative estimate of drug-likeness (QED) is 0.279. The van der Waals surface area contributed by atoms with Gasteiger partial charge in [-0.2, -0.15) is 8.42 Å². The van der Waals surface area contributed by atoms with E-state index in [0.717, 1.165) is 12.8 Å². The fourth-order valence-electron chi connectivity index (χ4n) is 2.14. The lowest BCUT2D eigenvalue weighted by Crippen LogP contribution is -2.49. The Balaban J connectivity index is 0. The number of amides is 1. The van der Waals surface area contributed by atoms with Crippen LogP contribution >= 0.6 is 0 Å². The van der Waals surface area contributed by atoms with Gasteiger partial charge in [-0.25, -0.2) is 0 Å². The van der Waals surface area contributed by atoms with Crippen LogP contribution in [0.15, 0.2) is 0 Å². The highest BCUT2D eigenvalue weighted by atomic mass is 32.2. The maximum absolute atomic E-state index is 11.5. The third kappa shape index (κ3) is 17.0. The molecule has 0 heterocycles. The van der Waals surface area contributed by atoms with Gasteiger partial charge in [0.05, 0.1) is 23.8 Å². The first-order valence-corrected chi connectivity index (χ1v) is 11.8. The Labute approximate surface area is 171 Å². The molecule has 0 radical (unpaired) electrons. The summed E-state index contributed by atoms with van der Waals surface area (Å²) in [6.07, 6.45) is 6.20. The first-order valence-electron chi connectivity index (χ1n) is 10.2. The van der Waals surface area contributed by atoms with Gasteiger partial charge in [0.25, 0.3) is 10.1 Å². The summed E-state index contributed by atoms with van der Waals surface area (Å²) in [7, 11) is -4.07. The lowest BCUT2D eigenvalue weighted by atomic mass is 10.0. The molecule has 2 unspecified atom stereocenters. The molecule has 0 spiro atoms. The van der Waals surface area contributed by atoms with E-state index in [-0.39, 0.29) is 23.7 Å². The monoisotopic (exact) mass is 423 g/mol. The van der Waals surface area contributed by atoms with Crippen LogP contribution in [0.2, 0.25) is 0 Å². The second-order valence-electron chi connectivity index (χ2n) is 7.95. The summed E-state index contributed by atoms with van der Waals surface area (Å²) in [6.45, 7) is 13.4. The number of ether oxygens (including phenoxy) is 1. The van der Waals surface area contributed by atoms with E-state index in [4.69, 9.17) is 9.29 Å². The predicted octanol–water partition coefficient (Wildman–Crippen LogP) is 3.97. The third-order valence-electron chi connectivity index (χ3n) is 4.32. The topological polar surface area (TPSA) is 110 Å². The molecule has 0 aliphatic heterocycles. The van der Waals surface area contributed by atoms with Crippen molar-refractivity contribution in [3.8, 4) is 0 Å². The van der Waals surface area contributed by atoms with E-state index in [2.05, 4.69) is 12.2 Å². The van der Waals surface area contributed by atoms with Gasteiger partial charge in [0, 0.05) is 5.92 Å². The average Bonchev–Trinajstić information content (AvgIpc) is 2.57. The Kier molecular flexibility index (Phi) is 15.3. The van der Waals surface area contributed by atoms with Crippen molar-refractivity contribution in [1.29, 1.82) is 0 Å². The van der Waals surface area contributed by atoms with Gasteiger partial charge in [-0.1, -0.05) is 53.9 Å². The molecular formula is C20H41NO6S. The van der Waals surface area contributed by atoms with Crippen molar-refractivity contribution in [1.82, 2.24) is 5.32 Å². The fourth-order valence-corrected chi connectivity index (χ4v) is 3.13. The molecule has 28 heavy (non-hydrogen) atoms. The maximum Gasteiger partial charge on any atom is 0.308 e. The normalized spacial score (nSPS) is 13.7. The van der Waals surface area contributed by atoms with Gasteiger partial charge in [-0.05, 0) is 33.1 Å². The Morgan fingerprint density at radius 1 is 1.00 bits per heavy atom. The van der Waals surface area contributed by atoms with Crippen molar-refractivity contribution in [3.63, 3.8) is 0 Å². The number of esters is 1. The largest absolute Gasteiger partial charge is 0.465 e. The van der Waals surface area contributed by atoms with Gasteiger partial charge in [-0.3, -0.25) is 14.1 Å². The molecule has 168 valence electrons. The summed E-state index contributed by atoms with van der Waals surface area (Å²) < 4.78 is 35.1. The maximum atomic E-state index is 11.5. The van der Waals surface area contributed by atoms with Crippen LogP contribution in [0.3, 0.4) is 0 Å². The zero-order valence-corrected chi connectivity index (χ0v) is 19.5. The Morgan fingerprint density at radius 2 is 1.54 bits per heavy atom. The van der Waals surface area contributed by atoms with Gasteiger partial charge < -0.3 is 10.1 Å². The molecule has 8 heteroatoms. The second kappa shape index (κ2) is 14.8. The van der Waals surface area contributed by atoms with Crippen LogP contribution < -0.4 is 5.32 Å². The molecule has 7 nitrogen and oxygen atoms in total. The zero-order chi connectivity index (χ0) is 22.4. The number of unbranched alkanes of at least 4 members (excludes halogenated alkanes) is 3. The standard InChI is InChI=1S/C11H22O2.C9H19NO4S/c1-4-6-7-8-9-13-11(12)10(3)5-2;1-5-7(2)8(11)10-9(3,4)6-15(12,13)14/h10H,4-9H2,1-3H3;7H,5-6H2,1-4H3,(H,10,11)(H,12,13,14). The average molecular weight is 424 g/mol.